The molecule has 2 aromatic carbocycles. The van der Waals surface area contributed by atoms with Gasteiger partial charge >= 0.3 is 11.8 Å². The fourth-order valence-corrected chi connectivity index (χ4v) is 10.8. The lowest BCUT2D eigenvalue weighted by molar-refractivity contribution is -0.162. The number of methoxy groups -OCH3 is 2. The highest BCUT2D eigenvalue weighted by Crippen LogP contribution is 2.39. The van der Waals surface area contributed by atoms with Crippen molar-refractivity contribution in [3.8, 4) is 57.9 Å². The SMILES string of the molecule is COc1nc(Nc2nccc(-c3ccc(OC4CCN(C(=O)CO)CC4(F)F)c(C#N)c3)n2)ccc1C1CCN(C)CC1.COc1nc(Nc2nccc(-c3ccc(OC4CCN(C(=O)CO)CC4(F)F)c(C#N)c3)n2)ccc1C1CCN(C)CC1. The van der Waals surface area contributed by atoms with Gasteiger partial charge in [-0.2, -0.15) is 20.5 Å². The summed E-state index contributed by atoms with van der Waals surface area (Å²) in [7, 11) is 7.44. The predicted octanol–water partition coefficient (Wildman–Crippen LogP) is 7.16. The summed E-state index contributed by atoms with van der Waals surface area (Å²) in [6, 6.07) is 24.3. The van der Waals surface area contributed by atoms with E-state index in [9.17, 15) is 37.7 Å². The number of anilines is 4. The molecule has 6 aromatic rings. The van der Waals surface area contributed by atoms with E-state index in [-0.39, 0.29) is 60.5 Å². The molecular formula is C60H66F4N14O8. The minimum absolute atomic E-state index is 0.00580. The maximum absolute atomic E-state index is 14.8. The van der Waals surface area contributed by atoms with E-state index in [0.717, 1.165) is 72.8 Å². The molecule has 8 heterocycles. The molecule has 10 rings (SSSR count). The number of piperidine rings is 4. The van der Waals surface area contributed by atoms with Crippen LogP contribution < -0.4 is 29.6 Å². The Labute approximate surface area is 494 Å². The molecule has 4 saturated heterocycles. The normalized spacial score (nSPS) is 19.0. The van der Waals surface area contributed by atoms with Gasteiger partial charge in [0.15, 0.2) is 12.2 Å². The number of hydrogen-bond acceptors (Lipinski definition) is 20. The van der Waals surface area contributed by atoms with Gasteiger partial charge < -0.3 is 59.4 Å². The molecule has 4 aliphatic rings. The number of halogens is 4. The van der Waals surface area contributed by atoms with E-state index in [2.05, 4.69) is 64.4 Å². The number of aliphatic hydroxyl groups is 2. The molecule has 0 aliphatic carbocycles. The van der Waals surface area contributed by atoms with Crippen LogP contribution in [0.1, 0.15) is 72.6 Å². The number of aromatic nitrogens is 6. The summed E-state index contributed by atoms with van der Waals surface area (Å²) in [5.74, 6) is -4.78. The standard InChI is InChI=1S/2C30H33F2N7O4/c2*1-38-12-8-19(9-13-38)22-4-6-26(36-28(22)42-2)37-29-34-11-7-23(35-29)20-3-5-24(21(15-20)16-33)43-25-10-14-39(27(41)17-40)18-30(25,31)32/h2*3-7,11,15,19,25,40H,8-10,12-14,17-18H2,1-2H3,(H,34,35,36,37). The number of ether oxygens (including phenoxy) is 4. The van der Waals surface area contributed by atoms with Crippen LogP contribution in [0.5, 0.6) is 23.3 Å². The van der Waals surface area contributed by atoms with E-state index in [1.807, 2.05) is 36.4 Å². The number of pyridine rings is 2. The Morgan fingerprint density at radius 2 is 0.977 bits per heavy atom. The Kier molecular flexibility index (Phi) is 19.7. The van der Waals surface area contributed by atoms with Gasteiger partial charge in [-0.25, -0.2) is 37.5 Å². The zero-order valence-corrected chi connectivity index (χ0v) is 47.9. The van der Waals surface area contributed by atoms with Crippen molar-refractivity contribution in [1.82, 2.24) is 49.5 Å². The van der Waals surface area contributed by atoms with Gasteiger partial charge in [0.25, 0.3) is 0 Å². The summed E-state index contributed by atoms with van der Waals surface area (Å²) in [4.78, 5) is 56.7. The Morgan fingerprint density at radius 3 is 1.33 bits per heavy atom. The van der Waals surface area contributed by atoms with Crippen LogP contribution in [0.25, 0.3) is 22.5 Å². The van der Waals surface area contributed by atoms with Crippen LogP contribution in [0.3, 0.4) is 0 Å². The predicted molar refractivity (Wildman–Crippen MR) is 307 cm³/mol. The molecule has 4 fully saturated rings. The number of carbonyl (C=O) groups is 2. The number of rotatable bonds is 16. The second-order valence-corrected chi connectivity index (χ2v) is 21.4. The van der Waals surface area contributed by atoms with Crippen LogP contribution in [-0.4, -0.2) is 189 Å². The number of likely N-dealkylation sites (tertiary alicyclic amines) is 4. The number of hydrogen-bond donors (Lipinski definition) is 4. The molecule has 4 N–H and O–H groups in total. The van der Waals surface area contributed by atoms with Crippen molar-refractivity contribution in [1.29, 1.82) is 10.5 Å². The minimum Gasteiger partial charge on any atom is -0.483 e. The zero-order valence-electron chi connectivity index (χ0n) is 47.9. The Bertz CT molecular complexity index is 3240. The van der Waals surface area contributed by atoms with Crippen molar-refractivity contribution in [3.63, 3.8) is 0 Å². The van der Waals surface area contributed by atoms with Crippen LogP contribution >= 0.6 is 0 Å². The highest BCUT2D eigenvalue weighted by molar-refractivity contribution is 5.78. The van der Waals surface area contributed by atoms with Gasteiger partial charge in [-0.05, 0) is 151 Å². The maximum atomic E-state index is 14.8. The highest BCUT2D eigenvalue weighted by atomic mass is 19.3. The average Bonchev–Trinajstić information content (AvgIpc) is 2.85. The van der Waals surface area contributed by atoms with Gasteiger partial charge in [0.1, 0.15) is 48.5 Å². The van der Waals surface area contributed by atoms with Crippen molar-refractivity contribution >= 4 is 35.3 Å². The van der Waals surface area contributed by atoms with Crippen molar-refractivity contribution in [2.45, 2.75) is 74.4 Å². The lowest BCUT2D eigenvalue weighted by Gasteiger charge is -2.38. The summed E-state index contributed by atoms with van der Waals surface area (Å²) in [5, 5.41) is 43.7. The highest BCUT2D eigenvalue weighted by Gasteiger charge is 2.49. The molecule has 22 nitrogen and oxygen atoms in total. The Hall–Kier alpha value is -8.82. The van der Waals surface area contributed by atoms with Gasteiger partial charge in [-0.3, -0.25) is 9.59 Å². The number of nitrogens with one attached hydrogen (secondary N) is 2. The molecule has 0 spiro atoms. The Balaban J connectivity index is 0.000000205. The van der Waals surface area contributed by atoms with Gasteiger partial charge in [0, 0.05) is 60.6 Å². The van der Waals surface area contributed by atoms with E-state index in [4.69, 9.17) is 29.2 Å². The molecular weight excluding hydrogens is 1120 g/mol. The first kappa shape index (κ1) is 61.7. The van der Waals surface area contributed by atoms with Gasteiger partial charge in [-0.15, -0.1) is 0 Å². The number of nitrogens with zero attached hydrogens (tertiary/aromatic N) is 12. The molecule has 452 valence electrons. The maximum Gasteiger partial charge on any atom is 0.301 e. The molecule has 0 radical (unpaired) electrons. The number of benzene rings is 2. The van der Waals surface area contributed by atoms with Crippen LogP contribution in [0, 0.1) is 22.7 Å². The second-order valence-electron chi connectivity index (χ2n) is 21.4. The molecule has 4 aliphatic heterocycles. The number of carbonyl (C=O) groups excluding carboxylic acids is 2. The van der Waals surface area contributed by atoms with E-state index < -0.39 is 62.2 Å². The number of aliphatic hydroxyl groups excluding tert-OH is 2. The largest absolute Gasteiger partial charge is 0.483 e. The molecule has 2 amide bonds. The summed E-state index contributed by atoms with van der Waals surface area (Å²) in [5.41, 5.74) is 4.39. The van der Waals surface area contributed by atoms with Gasteiger partial charge in [0.05, 0.1) is 49.8 Å². The molecule has 0 bridgehead atoms. The molecule has 2 atom stereocenters. The van der Waals surface area contributed by atoms with Crippen LogP contribution in [0.2, 0.25) is 0 Å². The summed E-state index contributed by atoms with van der Waals surface area (Å²) in [6.45, 7) is 0.710. The summed E-state index contributed by atoms with van der Waals surface area (Å²) < 4.78 is 81.4. The van der Waals surface area contributed by atoms with E-state index in [1.54, 1.807) is 50.9 Å². The van der Waals surface area contributed by atoms with Gasteiger partial charge in [-0.1, -0.05) is 0 Å². The first-order chi connectivity index (χ1) is 41.4. The molecule has 26 heteroatoms. The lowest BCUT2D eigenvalue weighted by atomic mass is 9.90. The monoisotopic (exact) mass is 1190 g/mol. The number of nitriles is 2. The fraction of sp³-hybridized carbons (Fsp3) is 0.433. The number of amides is 2. The fourth-order valence-electron chi connectivity index (χ4n) is 10.8. The molecule has 86 heavy (non-hydrogen) atoms. The third-order valence-electron chi connectivity index (χ3n) is 15.6. The van der Waals surface area contributed by atoms with E-state index in [1.165, 1.54) is 24.3 Å². The Morgan fingerprint density at radius 1 is 0.581 bits per heavy atom. The molecule has 2 unspecified atom stereocenters. The number of alkyl halides is 4. The average molecular weight is 1190 g/mol. The van der Waals surface area contributed by atoms with Crippen molar-refractivity contribution in [3.05, 3.63) is 107 Å². The first-order valence-corrected chi connectivity index (χ1v) is 28.0. The molecule has 4 aromatic heterocycles. The third kappa shape index (κ3) is 14.8. The molecule has 0 saturated carbocycles. The van der Waals surface area contributed by atoms with Crippen molar-refractivity contribution in [2.75, 3.05) is 105 Å². The summed E-state index contributed by atoms with van der Waals surface area (Å²) in [6.07, 6.45) is 3.91. The topological polar surface area (TPSA) is 273 Å². The lowest BCUT2D eigenvalue weighted by Crippen LogP contribution is -2.55. The van der Waals surface area contributed by atoms with Crippen LogP contribution in [0.15, 0.2) is 85.2 Å². The smallest absolute Gasteiger partial charge is 0.301 e. The minimum atomic E-state index is -3.36. The summed E-state index contributed by atoms with van der Waals surface area (Å²) >= 11 is 0. The third-order valence-corrected chi connectivity index (χ3v) is 15.6. The van der Waals surface area contributed by atoms with Crippen LogP contribution in [-0.2, 0) is 9.59 Å². The van der Waals surface area contributed by atoms with Crippen molar-refractivity contribution < 1.29 is 56.3 Å². The second kappa shape index (κ2) is 27.5. The van der Waals surface area contributed by atoms with Crippen molar-refractivity contribution in [2.24, 2.45) is 0 Å². The van der Waals surface area contributed by atoms with E-state index in [0.29, 0.717) is 57.7 Å². The zero-order chi connectivity index (χ0) is 61.1. The van der Waals surface area contributed by atoms with Crippen LogP contribution in [0.4, 0.5) is 41.1 Å². The van der Waals surface area contributed by atoms with E-state index >= 15 is 0 Å². The quantitative estimate of drug-likeness (QED) is 0.0700. The first-order valence-electron chi connectivity index (χ1n) is 28.0. The van der Waals surface area contributed by atoms with Gasteiger partial charge in [0.2, 0.25) is 35.5 Å².